The number of benzene rings is 1. The number of allylic oxidation sites excluding steroid dienone is 1. The molecule has 112 valence electrons. The molecule has 0 aliphatic rings. The van der Waals surface area contributed by atoms with E-state index in [1.807, 2.05) is 6.92 Å². The lowest BCUT2D eigenvalue weighted by Crippen LogP contribution is -2.08. The third-order valence-electron chi connectivity index (χ3n) is 2.49. The van der Waals surface area contributed by atoms with Crippen molar-refractivity contribution < 1.29 is 14.6 Å². The van der Waals surface area contributed by atoms with Crippen molar-refractivity contribution in [3.05, 3.63) is 51.2 Å². The highest BCUT2D eigenvalue weighted by Crippen LogP contribution is 2.25. The first-order chi connectivity index (χ1) is 10.0. The van der Waals surface area contributed by atoms with Crippen LogP contribution >= 0.6 is 23.2 Å². The van der Waals surface area contributed by atoms with Crippen molar-refractivity contribution in [1.29, 1.82) is 0 Å². The highest BCUT2D eigenvalue weighted by Gasteiger charge is 2.12. The normalized spacial score (nSPS) is 12.8. The van der Waals surface area contributed by atoms with E-state index in [0.29, 0.717) is 22.2 Å². The van der Waals surface area contributed by atoms with Crippen LogP contribution in [0.15, 0.2) is 40.6 Å². The van der Waals surface area contributed by atoms with Gasteiger partial charge in [-0.25, -0.2) is 4.79 Å². The third-order valence-corrected chi connectivity index (χ3v) is 3.15. The monoisotopic (exact) mass is 327 g/mol. The first-order valence-electron chi connectivity index (χ1n) is 6.14. The zero-order chi connectivity index (χ0) is 15.8. The lowest BCUT2D eigenvalue weighted by molar-refractivity contribution is -0.135. The Bertz CT molecular complexity index is 587. The van der Waals surface area contributed by atoms with Gasteiger partial charge in [-0.2, -0.15) is 0 Å². The smallest absolute Gasteiger partial charge is 0.343 e. The maximum absolute atomic E-state index is 11.6. The maximum Gasteiger partial charge on any atom is 0.343 e. The molecule has 4 nitrogen and oxygen atoms in total. The SMILES string of the molecule is CCN=C/C(C(=O)OC)=C(\O)C=Cc1c(Cl)cccc1Cl. The van der Waals surface area contributed by atoms with Crippen LogP contribution < -0.4 is 0 Å². The Labute approximate surface area is 133 Å². The van der Waals surface area contributed by atoms with Gasteiger partial charge in [-0.05, 0) is 31.2 Å². The van der Waals surface area contributed by atoms with Crippen molar-refractivity contribution in [3.8, 4) is 0 Å². The van der Waals surface area contributed by atoms with Crippen molar-refractivity contribution in [3.63, 3.8) is 0 Å². The fraction of sp³-hybridized carbons (Fsp3) is 0.200. The first kappa shape index (κ1) is 17.3. The molecular weight excluding hydrogens is 313 g/mol. The van der Waals surface area contributed by atoms with E-state index >= 15 is 0 Å². The summed E-state index contributed by atoms with van der Waals surface area (Å²) < 4.78 is 4.60. The molecule has 0 saturated carbocycles. The largest absolute Gasteiger partial charge is 0.507 e. The van der Waals surface area contributed by atoms with E-state index < -0.39 is 5.97 Å². The highest BCUT2D eigenvalue weighted by atomic mass is 35.5. The molecule has 0 spiro atoms. The molecule has 0 fully saturated rings. The van der Waals surface area contributed by atoms with Crippen LogP contribution in [-0.4, -0.2) is 30.9 Å². The number of carbonyl (C=O) groups is 1. The predicted molar refractivity (Wildman–Crippen MR) is 86.2 cm³/mol. The summed E-state index contributed by atoms with van der Waals surface area (Å²) in [4.78, 5) is 15.5. The third kappa shape index (κ3) is 4.92. The molecule has 1 aromatic carbocycles. The number of hydrogen-bond acceptors (Lipinski definition) is 4. The number of ether oxygens (including phenoxy) is 1. The second-order valence-corrected chi connectivity index (χ2v) is 4.70. The molecule has 0 unspecified atom stereocenters. The number of hydrogen-bond donors (Lipinski definition) is 1. The van der Waals surface area contributed by atoms with E-state index in [0.717, 1.165) is 0 Å². The van der Waals surface area contributed by atoms with Crippen molar-refractivity contribution in [2.75, 3.05) is 13.7 Å². The molecule has 0 radical (unpaired) electrons. The second kappa shape index (κ2) is 8.49. The van der Waals surface area contributed by atoms with E-state index in [9.17, 15) is 9.90 Å². The molecule has 0 aliphatic carbocycles. The van der Waals surface area contributed by atoms with Crippen LogP contribution in [-0.2, 0) is 9.53 Å². The number of nitrogens with zero attached hydrogens (tertiary/aromatic N) is 1. The minimum Gasteiger partial charge on any atom is -0.507 e. The average molecular weight is 328 g/mol. The Morgan fingerprint density at radius 1 is 1.38 bits per heavy atom. The molecule has 0 aromatic heterocycles. The molecule has 1 N–H and O–H groups in total. The standard InChI is InChI=1S/C15H15Cl2NO3/c1-3-18-9-11(15(20)21-2)14(19)8-7-10-12(16)5-4-6-13(10)17/h4-9,19H,3H2,1-2H3/b8-7?,14-11+,18-9?. The van der Waals surface area contributed by atoms with Gasteiger partial charge in [0.25, 0.3) is 0 Å². The molecular formula is C15H15Cl2NO3. The van der Waals surface area contributed by atoms with Gasteiger partial charge in [-0.15, -0.1) is 0 Å². The Balaban J connectivity index is 3.17. The molecule has 0 aliphatic heterocycles. The maximum atomic E-state index is 11.6. The molecule has 0 heterocycles. The van der Waals surface area contributed by atoms with Gasteiger partial charge in [-0.1, -0.05) is 29.3 Å². The number of esters is 1. The summed E-state index contributed by atoms with van der Waals surface area (Å²) in [6.45, 7) is 2.29. The van der Waals surface area contributed by atoms with Crippen LogP contribution in [0.4, 0.5) is 0 Å². The summed E-state index contributed by atoms with van der Waals surface area (Å²) in [5, 5.41) is 10.9. The highest BCUT2D eigenvalue weighted by molar-refractivity contribution is 6.37. The summed E-state index contributed by atoms with van der Waals surface area (Å²) >= 11 is 12.0. The van der Waals surface area contributed by atoms with E-state index in [1.54, 1.807) is 18.2 Å². The Kier molecular flexibility index (Phi) is 6.99. The van der Waals surface area contributed by atoms with E-state index in [-0.39, 0.29) is 11.3 Å². The topological polar surface area (TPSA) is 58.9 Å². The summed E-state index contributed by atoms with van der Waals surface area (Å²) in [5.74, 6) is -0.963. The first-order valence-corrected chi connectivity index (χ1v) is 6.90. The number of halogens is 2. The van der Waals surface area contributed by atoms with Crippen molar-refractivity contribution in [2.45, 2.75) is 6.92 Å². The average Bonchev–Trinajstić information content (AvgIpc) is 2.46. The molecule has 1 aromatic rings. The summed E-state index contributed by atoms with van der Waals surface area (Å²) in [7, 11) is 1.23. The molecule has 0 bridgehead atoms. The van der Waals surface area contributed by atoms with Crippen molar-refractivity contribution in [1.82, 2.24) is 0 Å². The van der Waals surface area contributed by atoms with Crippen LogP contribution in [0.2, 0.25) is 10.0 Å². The lowest BCUT2D eigenvalue weighted by atomic mass is 10.1. The van der Waals surface area contributed by atoms with Crippen LogP contribution in [0.3, 0.4) is 0 Å². The zero-order valence-corrected chi connectivity index (χ0v) is 13.1. The Hall–Kier alpha value is -1.78. The van der Waals surface area contributed by atoms with Crippen LogP contribution in [0.1, 0.15) is 12.5 Å². The van der Waals surface area contributed by atoms with Gasteiger partial charge in [0.2, 0.25) is 0 Å². The molecule has 1 rings (SSSR count). The number of aliphatic hydroxyl groups excluding tert-OH is 1. The molecule has 0 atom stereocenters. The van der Waals surface area contributed by atoms with Crippen LogP contribution in [0, 0.1) is 0 Å². The van der Waals surface area contributed by atoms with Gasteiger partial charge < -0.3 is 9.84 Å². The molecule has 0 amide bonds. The summed E-state index contributed by atoms with van der Waals surface area (Å²) in [5.41, 5.74) is 0.503. The van der Waals surface area contributed by atoms with Gasteiger partial charge in [0, 0.05) is 28.4 Å². The predicted octanol–water partition coefficient (Wildman–Crippen LogP) is 4.08. The quantitative estimate of drug-likeness (QED) is 0.291. The zero-order valence-electron chi connectivity index (χ0n) is 11.6. The number of aliphatic hydroxyl groups is 1. The summed E-state index contributed by atoms with van der Waals surface area (Å²) in [6, 6.07) is 5.06. The summed E-state index contributed by atoms with van der Waals surface area (Å²) in [6.07, 6.45) is 4.10. The van der Waals surface area contributed by atoms with Crippen molar-refractivity contribution >= 4 is 41.5 Å². The Morgan fingerprint density at radius 2 is 2.00 bits per heavy atom. The number of aliphatic imine (C=N–C) groups is 1. The van der Waals surface area contributed by atoms with Gasteiger partial charge in [0.1, 0.15) is 11.3 Å². The van der Waals surface area contributed by atoms with Gasteiger partial charge in [-0.3, -0.25) is 4.99 Å². The fourth-order valence-electron chi connectivity index (χ4n) is 1.44. The van der Waals surface area contributed by atoms with Gasteiger partial charge in [0.15, 0.2) is 0 Å². The number of methoxy groups -OCH3 is 1. The second-order valence-electron chi connectivity index (χ2n) is 3.89. The number of carbonyl (C=O) groups excluding carboxylic acids is 1. The minimum absolute atomic E-state index is 0.0428. The van der Waals surface area contributed by atoms with E-state index in [4.69, 9.17) is 23.2 Å². The van der Waals surface area contributed by atoms with Gasteiger partial charge in [0.05, 0.1) is 7.11 Å². The molecule has 0 saturated heterocycles. The van der Waals surface area contributed by atoms with Crippen LogP contribution in [0.25, 0.3) is 6.08 Å². The van der Waals surface area contributed by atoms with Crippen LogP contribution in [0.5, 0.6) is 0 Å². The van der Waals surface area contributed by atoms with Crippen molar-refractivity contribution in [2.24, 2.45) is 4.99 Å². The lowest BCUT2D eigenvalue weighted by Gasteiger charge is -2.03. The molecule has 21 heavy (non-hydrogen) atoms. The molecule has 6 heteroatoms. The van der Waals surface area contributed by atoms with Gasteiger partial charge >= 0.3 is 5.97 Å². The minimum atomic E-state index is -0.681. The fourth-order valence-corrected chi connectivity index (χ4v) is 1.96. The van der Waals surface area contributed by atoms with E-state index in [1.165, 1.54) is 25.5 Å². The van der Waals surface area contributed by atoms with E-state index in [2.05, 4.69) is 9.73 Å². The number of rotatable bonds is 5. The Morgan fingerprint density at radius 3 is 2.52 bits per heavy atom.